The summed E-state index contributed by atoms with van der Waals surface area (Å²) in [5.41, 5.74) is 1.81. The number of carbonyl (C=O) groups excluding carboxylic acids is 2. The largest absolute Gasteiger partial charge is 0.342 e. The Bertz CT molecular complexity index is 662. The number of nitrogens with one attached hydrogen (secondary N) is 2. The molecule has 1 unspecified atom stereocenters. The number of fused-ring (bicyclic) bond motifs is 1. The number of carbonyl (C=O) groups is 2. The van der Waals surface area contributed by atoms with Crippen LogP contribution in [0, 0.1) is 6.92 Å². The first kappa shape index (κ1) is 12.3. The summed E-state index contributed by atoms with van der Waals surface area (Å²) in [5, 5.41) is 13.1. The number of aryl methyl sites for hydroxylation is 1. The molecule has 1 aliphatic rings. The van der Waals surface area contributed by atoms with E-state index in [1.807, 2.05) is 31.2 Å². The third-order valence-electron chi connectivity index (χ3n) is 3.13. The van der Waals surface area contributed by atoms with Crippen molar-refractivity contribution < 1.29 is 9.59 Å². The third kappa shape index (κ3) is 2.25. The molecule has 102 valence electrons. The smallest absolute Gasteiger partial charge is 0.247 e. The monoisotopic (exact) mass is 271 g/mol. The number of nitrogens with zero attached hydrogens (tertiary/aromatic N) is 3. The van der Waals surface area contributed by atoms with Crippen molar-refractivity contribution >= 4 is 23.5 Å². The van der Waals surface area contributed by atoms with E-state index in [2.05, 4.69) is 20.8 Å². The first-order valence-electron chi connectivity index (χ1n) is 6.21. The molecule has 0 aliphatic carbocycles. The molecule has 1 amide bonds. The molecule has 1 aromatic carbocycles. The van der Waals surface area contributed by atoms with Gasteiger partial charge in [0.2, 0.25) is 17.8 Å². The van der Waals surface area contributed by atoms with Crippen LogP contribution in [-0.4, -0.2) is 32.6 Å². The summed E-state index contributed by atoms with van der Waals surface area (Å²) < 4.78 is 1.30. The molecule has 0 radical (unpaired) electrons. The average molecular weight is 271 g/mol. The molecule has 0 saturated carbocycles. The number of hydrogen-bond acceptors (Lipinski definition) is 5. The zero-order valence-corrected chi connectivity index (χ0v) is 10.8. The molecule has 2 aromatic rings. The molecule has 2 N–H and O–H groups in total. The summed E-state index contributed by atoms with van der Waals surface area (Å²) in [6.45, 7) is 1.97. The lowest BCUT2D eigenvalue weighted by atomic mass is 10.1. The predicted molar refractivity (Wildman–Crippen MR) is 72.5 cm³/mol. The Labute approximate surface area is 115 Å². The quantitative estimate of drug-likeness (QED) is 0.852. The van der Waals surface area contributed by atoms with Gasteiger partial charge in [-0.3, -0.25) is 9.59 Å². The average Bonchev–Trinajstić information content (AvgIpc) is 2.90. The molecule has 0 bridgehead atoms. The lowest BCUT2D eigenvalue weighted by Crippen LogP contribution is -2.42. The first-order valence-corrected chi connectivity index (χ1v) is 6.21. The van der Waals surface area contributed by atoms with Crippen LogP contribution in [0.1, 0.15) is 16.8 Å². The van der Waals surface area contributed by atoms with Gasteiger partial charge in [-0.25, -0.2) is 4.57 Å². The van der Waals surface area contributed by atoms with E-state index in [-0.39, 0.29) is 18.2 Å². The predicted octanol–water partition coefficient (Wildman–Crippen LogP) is 1.05. The Kier molecular flexibility index (Phi) is 2.94. The lowest BCUT2D eigenvalue weighted by Gasteiger charge is -2.22. The van der Waals surface area contributed by atoms with Crippen LogP contribution in [0.25, 0.3) is 0 Å². The highest BCUT2D eigenvalue weighted by molar-refractivity contribution is 6.01. The molecular formula is C13H13N5O2. The Morgan fingerprint density at radius 3 is 2.90 bits per heavy atom. The highest BCUT2D eigenvalue weighted by atomic mass is 16.2. The molecule has 0 fully saturated rings. The van der Waals surface area contributed by atoms with Crippen molar-refractivity contribution in [2.24, 2.45) is 0 Å². The van der Waals surface area contributed by atoms with Crippen LogP contribution in [0.2, 0.25) is 0 Å². The molecule has 1 aliphatic heterocycles. The van der Waals surface area contributed by atoms with Crippen molar-refractivity contribution in [1.82, 2.24) is 14.8 Å². The fourth-order valence-electron chi connectivity index (χ4n) is 2.02. The van der Waals surface area contributed by atoms with Crippen LogP contribution in [0.4, 0.5) is 11.6 Å². The SMILES string of the molecule is Cc1ccc(NC(=O)C2CC(=O)n3cnnc3N2)cc1. The third-order valence-corrected chi connectivity index (χ3v) is 3.13. The second-order valence-corrected chi connectivity index (χ2v) is 4.67. The second kappa shape index (κ2) is 4.76. The van der Waals surface area contributed by atoms with Gasteiger partial charge in [-0.1, -0.05) is 17.7 Å². The van der Waals surface area contributed by atoms with E-state index in [0.29, 0.717) is 11.6 Å². The summed E-state index contributed by atoms with van der Waals surface area (Å²) in [7, 11) is 0. The Morgan fingerprint density at radius 1 is 1.40 bits per heavy atom. The lowest BCUT2D eigenvalue weighted by molar-refractivity contribution is -0.117. The number of rotatable bonds is 2. The van der Waals surface area contributed by atoms with Crippen LogP contribution in [-0.2, 0) is 4.79 Å². The molecule has 1 aromatic heterocycles. The van der Waals surface area contributed by atoms with Gasteiger partial charge in [0.25, 0.3) is 0 Å². The van der Waals surface area contributed by atoms with Gasteiger partial charge < -0.3 is 10.6 Å². The summed E-state index contributed by atoms with van der Waals surface area (Å²) in [4.78, 5) is 24.0. The minimum Gasteiger partial charge on any atom is -0.342 e. The molecule has 0 saturated heterocycles. The summed E-state index contributed by atoms with van der Waals surface area (Å²) in [6, 6.07) is 6.82. The molecule has 20 heavy (non-hydrogen) atoms. The van der Waals surface area contributed by atoms with Gasteiger partial charge in [0.15, 0.2) is 0 Å². The fraction of sp³-hybridized carbons (Fsp3) is 0.231. The maximum atomic E-state index is 12.1. The minimum absolute atomic E-state index is 0.0722. The summed E-state index contributed by atoms with van der Waals surface area (Å²) in [5.74, 6) is -0.172. The number of hydrogen-bond donors (Lipinski definition) is 2. The zero-order chi connectivity index (χ0) is 14.1. The molecule has 0 spiro atoms. The molecule has 7 nitrogen and oxygen atoms in total. The van der Waals surface area contributed by atoms with Gasteiger partial charge in [0.1, 0.15) is 12.4 Å². The van der Waals surface area contributed by atoms with E-state index < -0.39 is 6.04 Å². The van der Waals surface area contributed by atoms with E-state index in [0.717, 1.165) is 5.56 Å². The minimum atomic E-state index is -0.638. The van der Waals surface area contributed by atoms with Crippen molar-refractivity contribution in [1.29, 1.82) is 0 Å². The maximum absolute atomic E-state index is 12.1. The van der Waals surface area contributed by atoms with Crippen molar-refractivity contribution in [3.63, 3.8) is 0 Å². The number of amides is 1. The molecule has 7 heteroatoms. The standard InChI is InChI=1S/C13H13N5O2/c1-8-2-4-9(5-3-8)15-12(20)10-6-11(19)18-7-14-17-13(18)16-10/h2-5,7,10H,6H2,1H3,(H,15,20)(H,16,17). The molecule has 2 heterocycles. The van der Waals surface area contributed by atoms with Crippen molar-refractivity contribution in [2.45, 2.75) is 19.4 Å². The van der Waals surface area contributed by atoms with Crippen molar-refractivity contribution in [3.8, 4) is 0 Å². The van der Waals surface area contributed by atoms with E-state index in [1.165, 1.54) is 10.9 Å². The van der Waals surface area contributed by atoms with Crippen molar-refractivity contribution in [3.05, 3.63) is 36.2 Å². The summed E-state index contributed by atoms with van der Waals surface area (Å²) >= 11 is 0. The van der Waals surface area contributed by atoms with Crippen LogP contribution >= 0.6 is 0 Å². The Morgan fingerprint density at radius 2 is 2.15 bits per heavy atom. The van der Waals surface area contributed by atoms with E-state index >= 15 is 0 Å². The fourth-order valence-corrected chi connectivity index (χ4v) is 2.02. The number of aromatic nitrogens is 3. The van der Waals surface area contributed by atoms with E-state index in [1.54, 1.807) is 0 Å². The van der Waals surface area contributed by atoms with Gasteiger partial charge >= 0.3 is 0 Å². The van der Waals surface area contributed by atoms with E-state index in [9.17, 15) is 9.59 Å². The number of benzene rings is 1. The van der Waals surface area contributed by atoms with E-state index in [4.69, 9.17) is 0 Å². The first-order chi connectivity index (χ1) is 9.63. The van der Waals surface area contributed by atoms with Crippen LogP contribution in [0.5, 0.6) is 0 Å². The highest BCUT2D eigenvalue weighted by Gasteiger charge is 2.30. The molecule has 3 rings (SSSR count). The normalized spacial score (nSPS) is 17.2. The van der Waals surface area contributed by atoms with Gasteiger partial charge in [0, 0.05) is 5.69 Å². The number of anilines is 2. The maximum Gasteiger partial charge on any atom is 0.247 e. The van der Waals surface area contributed by atoms with Crippen molar-refractivity contribution in [2.75, 3.05) is 10.6 Å². The van der Waals surface area contributed by atoms with Crippen LogP contribution < -0.4 is 10.6 Å². The second-order valence-electron chi connectivity index (χ2n) is 4.67. The topological polar surface area (TPSA) is 88.9 Å². The summed E-state index contributed by atoms with van der Waals surface area (Å²) in [6.07, 6.45) is 1.40. The van der Waals surface area contributed by atoms with Gasteiger partial charge in [-0.2, -0.15) is 0 Å². The van der Waals surface area contributed by atoms with Gasteiger partial charge in [-0.05, 0) is 19.1 Å². The molecule has 1 atom stereocenters. The Hall–Kier alpha value is -2.70. The van der Waals surface area contributed by atoms with Gasteiger partial charge in [-0.15, -0.1) is 10.2 Å². The highest BCUT2D eigenvalue weighted by Crippen LogP contribution is 2.16. The van der Waals surface area contributed by atoms with Crippen LogP contribution in [0.3, 0.4) is 0 Å². The Balaban J connectivity index is 1.73. The zero-order valence-electron chi connectivity index (χ0n) is 10.8. The molecular weight excluding hydrogens is 258 g/mol. The van der Waals surface area contributed by atoms with Crippen LogP contribution in [0.15, 0.2) is 30.6 Å². The van der Waals surface area contributed by atoms with Gasteiger partial charge in [0.05, 0.1) is 6.42 Å².